The van der Waals surface area contributed by atoms with Gasteiger partial charge in [-0.05, 0) is 55.8 Å². The monoisotopic (exact) mass is 460 g/mol. The summed E-state index contributed by atoms with van der Waals surface area (Å²) in [5, 5.41) is 9.09. The minimum Gasteiger partial charge on any atom is -0.284 e. The van der Waals surface area contributed by atoms with E-state index in [1.165, 1.54) is 48.5 Å². The Kier molecular flexibility index (Phi) is 5.54. The Morgan fingerprint density at radius 2 is 1.65 bits per heavy atom. The number of halogens is 3. The van der Waals surface area contributed by atoms with Crippen LogP contribution in [0.15, 0.2) is 72.8 Å². The van der Waals surface area contributed by atoms with E-state index < -0.39 is 23.8 Å². The van der Waals surface area contributed by atoms with Gasteiger partial charge in [-0.1, -0.05) is 42.0 Å². The Morgan fingerprint density at radius 1 is 1.03 bits per heavy atom. The highest BCUT2D eigenvalue weighted by Crippen LogP contribution is 2.54. The van der Waals surface area contributed by atoms with E-state index >= 15 is 0 Å². The fourth-order valence-corrected chi connectivity index (χ4v) is 4.40. The van der Waals surface area contributed by atoms with Crippen LogP contribution in [0.25, 0.3) is 4.85 Å². The lowest BCUT2D eigenvalue weighted by atomic mass is 9.84. The molecule has 2 atom stereocenters. The number of carbonyl (C=O) groups is 1. The zero-order valence-corrected chi connectivity index (χ0v) is 18.3. The number of aryl methyl sites for hydroxylation is 1. The zero-order chi connectivity index (χ0) is 24.7. The minimum absolute atomic E-state index is 0.0294. The third kappa shape index (κ3) is 3.54. The molecule has 4 rings (SSSR count). The molecule has 1 heterocycles. The van der Waals surface area contributed by atoms with Crippen molar-refractivity contribution < 1.29 is 18.0 Å². The molecule has 3 aromatic carbocycles. The van der Waals surface area contributed by atoms with E-state index in [1.54, 1.807) is 31.2 Å². The summed E-state index contributed by atoms with van der Waals surface area (Å²) in [5.41, 5.74) is -0.689. The summed E-state index contributed by atoms with van der Waals surface area (Å²) < 4.78 is 44.8. The Balaban J connectivity index is 2.00. The van der Waals surface area contributed by atoms with Crippen molar-refractivity contribution in [2.75, 3.05) is 9.80 Å². The molecule has 0 spiro atoms. The van der Waals surface area contributed by atoms with Crippen LogP contribution in [0.3, 0.4) is 0 Å². The number of nitriles is 1. The molecule has 1 aliphatic heterocycles. The maximum absolute atomic E-state index is 14.9. The number of amides is 2. The topological polar surface area (TPSA) is 51.7 Å². The molecule has 0 aromatic heterocycles. The first-order chi connectivity index (χ1) is 16.1. The third-order valence-electron chi connectivity index (χ3n) is 6.10. The number of anilines is 2. The second kappa shape index (κ2) is 8.24. The van der Waals surface area contributed by atoms with Gasteiger partial charge in [0, 0.05) is 11.4 Å². The lowest BCUT2D eigenvalue weighted by Gasteiger charge is -2.40. The van der Waals surface area contributed by atoms with Gasteiger partial charge in [-0.3, -0.25) is 9.80 Å². The number of nitrogens with zero attached hydrogens (tertiary/aromatic N) is 4. The average Bonchev–Trinajstić information content (AvgIpc) is 3.07. The van der Waals surface area contributed by atoms with E-state index in [-0.39, 0.29) is 16.9 Å². The maximum atomic E-state index is 14.9. The van der Waals surface area contributed by atoms with E-state index in [0.29, 0.717) is 11.3 Å². The molecular weight excluding hydrogens is 441 g/mol. The van der Waals surface area contributed by atoms with Crippen molar-refractivity contribution in [3.05, 3.63) is 101 Å². The molecule has 1 saturated heterocycles. The molecule has 2 amide bonds. The van der Waals surface area contributed by atoms with Crippen LogP contribution in [-0.2, 0) is 0 Å². The highest BCUT2D eigenvalue weighted by Gasteiger charge is 2.69. The molecule has 1 aliphatic rings. The number of hydrogen-bond acceptors (Lipinski definition) is 2. The fraction of sp³-hybridized carbons (Fsp3) is 0.192. The summed E-state index contributed by atoms with van der Waals surface area (Å²) in [6.07, 6.45) is -4.81. The normalized spacial score (nSPS) is 20.2. The lowest BCUT2D eigenvalue weighted by Crippen LogP contribution is -2.57. The van der Waals surface area contributed by atoms with E-state index in [1.807, 2.05) is 6.07 Å². The summed E-state index contributed by atoms with van der Waals surface area (Å²) in [7, 11) is 0. The van der Waals surface area contributed by atoms with E-state index in [2.05, 4.69) is 4.85 Å². The van der Waals surface area contributed by atoms with Crippen molar-refractivity contribution in [1.29, 1.82) is 5.26 Å². The summed E-state index contributed by atoms with van der Waals surface area (Å²) in [5.74, 6) is 0. The molecule has 170 valence electrons. The molecule has 0 N–H and O–H groups in total. The van der Waals surface area contributed by atoms with Gasteiger partial charge >= 0.3 is 12.2 Å². The second-order valence-electron chi connectivity index (χ2n) is 8.24. The maximum Gasteiger partial charge on any atom is 0.414 e. The molecule has 0 bridgehead atoms. The van der Waals surface area contributed by atoms with Crippen LogP contribution in [0.2, 0.25) is 0 Å². The predicted molar refractivity (Wildman–Crippen MR) is 123 cm³/mol. The second-order valence-corrected chi connectivity index (χ2v) is 8.24. The molecule has 1 fully saturated rings. The van der Waals surface area contributed by atoms with Crippen molar-refractivity contribution in [2.24, 2.45) is 0 Å². The van der Waals surface area contributed by atoms with Gasteiger partial charge < -0.3 is 0 Å². The third-order valence-corrected chi connectivity index (χ3v) is 6.10. The summed E-state index contributed by atoms with van der Waals surface area (Å²) in [6.45, 7) is 9.94. The van der Waals surface area contributed by atoms with Crippen molar-refractivity contribution in [2.45, 2.75) is 31.6 Å². The Morgan fingerprint density at radius 3 is 2.18 bits per heavy atom. The zero-order valence-electron chi connectivity index (χ0n) is 18.3. The highest BCUT2D eigenvalue weighted by molar-refractivity contribution is 6.09. The first kappa shape index (κ1) is 22.9. The molecule has 34 heavy (non-hydrogen) atoms. The standard InChI is InChI=1S/C26H19F3N4O/c1-17-5-4-6-19(15-17)23-25(2,26(27,28)29)33(22-11-7-18(16-30)8-12-22)24(34)32(23)21-13-9-20(31-3)10-14-21/h4-15,23H,1-2H3. The molecule has 2 unspecified atom stereocenters. The van der Waals surface area contributed by atoms with Gasteiger partial charge in [-0.2, -0.15) is 18.4 Å². The molecule has 0 saturated carbocycles. The molecule has 3 aromatic rings. The van der Waals surface area contributed by atoms with Crippen molar-refractivity contribution in [1.82, 2.24) is 0 Å². The number of hydrogen-bond donors (Lipinski definition) is 0. The van der Waals surface area contributed by atoms with E-state index in [4.69, 9.17) is 11.8 Å². The van der Waals surface area contributed by atoms with E-state index in [0.717, 1.165) is 22.3 Å². The summed E-state index contributed by atoms with van der Waals surface area (Å²) >= 11 is 0. The minimum atomic E-state index is -4.81. The van der Waals surface area contributed by atoms with Crippen LogP contribution in [0, 0.1) is 24.8 Å². The summed E-state index contributed by atoms with van der Waals surface area (Å²) in [4.78, 5) is 19.0. The first-order valence-electron chi connectivity index (χ1n) is 10.4. The number of rotatable bonds is 3. The number of benzene rings is 3. The Labute approximate surface area is 195 Å². The van der Waals surface area contributed by atoms with Crippen molar-refractivity contribution in [3.8, 4) is 6.07 Å². The van der Waals surface area contributed by atoms with Crippen molar-refractivity contribution in [3.63, 3.8) is 0 Å². The highest BCUT2D eigenvalue weighted by atomic mass is 19.4. The fourth-order valence-electron chi connectivity index (χ4n) is 4.40. The van der Waals surface area contributed by atoms with Crippen molar-refractivity contribution >= 4 is 23.1 Å². The molecule has 8 heteroatoms. The van der Waals surface area contributed by atoms with Gasteiger partial charge in [0.1, 0.15) is 0 Å². The SMILES string of the molecule is [C-]#[N+]c1ccc(N2C(=O)N(c3ccc(C#N)cc3)C(C)(C(F)(F)F)C2c2cccc(C)c2)cc1. The molecule has 0 aliphatic carbocycles. The molecule has 5 nitrogen and oxygen atoms in total. The smallest absolute Gasteiger partial charge is 0.284 e. The van der Waals surface area contributed by atoms with Crippen LogP contribution in [0.4, 0.5) is 35.0 Å². The largest absolute Gasteiger partial charge is 0.414 e. The van der Waals surface area contributed by atoms with Crippen LogP contribution in [0.1, 0.15) is 29.7 Å². The van der Waals surface area contributed by atoms with Gasteiger partial charge in [-0.25, -0.2) is 9.64 Å². The van der Waals surface area contributed by atoms with Crippen LogP contribution < -0.4 is 9.80 Å². The Bertz CT molecular complexity index is 1320. The van der Waals surface area contributed by atoms with Crippen LogP contribution >= 0.6 is 0 Å². The number of alkyl halides is 3. The predicted octanol–water partition coefficient (Wildman–Crippen LogP) is 6.93. The van der Waals surface area contributed by atoms with Gasteiger partial charge in [0.05, 0.1) is 24.2 Å². The molecule has 0 radical (unpaired) electrons. The summed E-state index contributed by atoms with van der Waals surface area (Å²) in [6, 6.07) is 17.7. The van der Waals surface area contributed by atoms with Gasteiger partial charge in [0.25, 0.3) is 0 Å². The van der Waals surface area contributed by atoms with E-state index in [9.17, 15) is 18.0 Å². The molecular formula is C26H19F3N4O. The number of carbonyl (C=O) groups excluding carboxylic acids is 1. The van der Waals surface area contributed by atoms with Gasteiger partial charge in [0.15, 0.2) is 11.2 Å². The quantitative estimate of drug-likeness (QED) is 0.398. The van der Waals surface area contributed by atoms with Crippen LogP contribution in [0.5, 0.6) is 0 Å². The van der Waals surface area contributed by atoms with Gasteiger partial charge in [-0.15, -0.1) is 0 Å². The number of urea groups is 1. The first-order valence-corrected chi connectivity index (χ1v) is 10.4. The van der Waals surface area contributed by atoms with Crippen LogP contribution in [-0.4, -0.2) is 17.7 Å². The van der Waals surface area contributed by atoms with Gasteiger partial charge in [0.2, 0.25) is 0 Å². The average molecular weight is 460 g/mol. The Hall–Kier alpha value is -4.30. The lowest BCUT2D eigenvalue weighted by molar-refractivity contribution is -0.182.